The van der Waals surface area contributed by atoms with E-state index in [-0.39, 0.29) is 28.5 Å². The number of thiophene rings is 1. The number of carbonyl (C=O) groups excluding carboxylic acids is 1. The molecular weight excluding hydrogens is 314 g/mol. The molecule has 0 unspecified atom stereocenters. The van der Waals surface area contributed by atoms with Gasteiger partial charge in [0.2, 0.25) is 0 Å². The zero-order chi connectivity index (χ0) is 16.8. The van der Waals surface area contributed by atoms with Crippen LogP contribution < -0.4 is 11.5 Å². The van der Waals surface area contributed by atoms with Gasteiger partial charge in [-0.3, -0.25) is 9.89 Å². The summed E-state index contributed by atoms with van der Waals surface area (Å²) in [6.07, 6.45) is 1.13. The molecule has 1 aliphatic rings. The smallest absolute Gasteiger partial charge is 0.175 e. The number of nitrogens with two attached hydrogens (primary N) is 2. The van der Waals surface area contributed by atoms with Gasteiger partial charge in [-0.2, -0.15) is 10.4 Å². The third-order valence-electron chi connectivity index (χ3n) is 3.68. The Morgan fingerprint density at radius 2 is 2.09 bits per heavy atom. The van der Waals surface area contributed by atoms with Gasteiger partial charge >= 0.3 is 0 Å². The van der Waals surface area contributed by atoms with Gasteiger partial charge < -0.3 is 11.5 Å². The van der Waals surface area contributed by atoms with E-state index in [1.807, 2.05) is 13.8 Å². The van der Waals surface area contributed by atoms with Crippen molar-refractivity contribution >= 4 is 39.4 Å². The predicted molar refractivity (Wildman–Crippen MR) is 87.1 cm³/mol. The van der Waals surface area contributed by atoms with E-state index in [1.165, 1.54) is 11.3 Å². The molecule has 0 spiro atoms. The maximum Gasteiger partial charge on any atom is 0.175 e. The Labute approximate surface area is 136 Å². The van der Waals surface area contributed by atoms with Crippen LogP contribution in [0.3, 0.4) is 0 Å². The molecule has 2 heterocycles. The number of Topliss-reactive ketones (excluding diaryl/α,β-unsaturated/α-hetero) is 1. The molecule has 8 nitrogen and oxygen atoms in total. The molecule has 118 valence electrons. The average Bonchev–Trinajstić information content (AvgIpc) is 2.96. The minimum atomic E-state index is -0.162. The Morgan fingerprint density at radius 1 is 1.35 bits per heavy atom. The minimum Gasteiger partial charge on any atom is -0.382 e. The van der Waals surface area contributed by atoms with E-state index in [1.54, 1.807) is 0 Å². The standard InChI is InChI=1S/C14H15N7OS/c1-14(2)3-6-7(5-15)13(23-10(6)8(22)4-14)21-18-9-11(16)19-20-12(9)17/h3-4H2,1-2H3,(H5,16,17,19,20). The van der Waals surface area contributed by atoms with E-state index in [0.29, 0.717) is 28.3 Å². The molecule has 0 bridgehead atoms. The summed E-state index contributed by atoms with van der Waals surface area (Å²) >= 11 is 1.18. The summed E-state index contributed by atoms with van der Waals surface area (Å²) in [6, 6.07) is 2.14. The molecule has 0 saturated carbocycles. The van der Waals surface area contributed by atoms with Gasteiger partial charge in [0.25, 0.3) is 0 Å². The molecule has 0 fully saturated rings. The van der Waals surface area contributed by atoms with Crippen molar-refractivity contribution in [3.05, 3.63) is 16.0 Å². The lowest BCUT2D eigenvalue weighted by molar-refractivity contribution is 0.0917. The highest BCUT2D eigenvalue weighted by Crippen LogP contribution is 2.45. The van der Waals surface area contributed by atoms with Crippen LogP contribution in [0.15, 0.2) is 10.2 Å². The first-order valence-electron chi connectivity index (χ1n) is 6.92. The largest absolute Gasteiger partial charge is 0.382 e. The van der Waals surface area contributed by atoms with E-state index in [9.17, 15) is 10.1 Å². The molecule has 0 amide bonds. The number of nitrogens with zero attached hydrogens (tertiary/aromatic N) is 4. The maximum atomic E-state index is 12.3. The highest BCUT2D eigenvalue weighted by Gasteiger charge is 2.35. The minimum absolute atomic E-state index is 0.0431. The Morgan fingerprint density at radius 3 is 2.70 bits per heavy atom. The summed E-state index contributed by atoms with van der Waals surface area (Å²) < 4.78 is 0. The van der Waals surface area contributed by atoms with Crippen molar-refractivity contribution in [2.24, 2.45) is 15.6 Å². The zero-order valence-electron chi connectivity index (χ0n) is 12.7. The fraction of sp³-hybridized carbons (Fsp3) is 0.357. The topological polar surface area (TPSA) is 146 Å². The lowest BCUT2D eigenvalue weighted by Crippen LogP contribution is -2.25. The SMILES string of the molecule is CC1(C)CC(=O)c2sc(N=Nc3c(N)n[nH]c3N)c(C#N)c2C1. The van der Waals surface area contributed by atoms with Crippen LogP contribution in [-0.2, 0) is 6.42 Å². The van der Waals surface area contributed by atoms with Crippen molar-refractivity contribution in [2.75, 3.05) is 11.5 Å². The van der Waals surface area contributed by atoms with Gasteiger partial charge in [-0.05, 0) is 17.4 Å². The fourth-order valence-electron chi connectivity index (χ4n) is 2.65. The molecule has 0 saturated heterocycles. The molecule has 0 radical (unpaired) electrons. The van der Waals surface area contributed by atoms with Crippen molar-refractivity contribution in [3.8, 4) is 6.07 Å². The number of rotatable bonds is 2. The molecule has 23 heavy (non-hydrogen) atoms. The van der Waals surface area contributed by atoms with Crippen molar-refractivity contribution in [1.82, 2.24) is 10.2 Å². The fourth-order valence-corrected chi connectivity index (χ4v) is 3.68. The number of azo groups is 1. The summed E-state index contributed by atoms with van der Waals surface area (Å²) in [5.41, 5.74) is 12.5. The number of H-pyrrole nitrogens is 1. The van der Waals surface area contributed by atoms with E-state index in [0.717, 1.165) is 5.56 Å². The number of nitrogen functional groups attached to an aromatic ring is 2. The molecule has 3 rings (SSSR count). The highest BCUT2D eigenvalue weighted by atomic mass is 32.1. The van der Waals surface area contributed by atoms with Crippen molar-refractivity contribution in [3.63, 3.8) is 0 Å². The normalized spacial score (nSPS) is 16.5. The Hall–Kier alpha value is -2.73. The third-order valence-corrected chi connectivity index (χ3v) is 4.84. The molecule has 2 aromatic heterocycles. The van der Waals surface area contributed by atoms with Crippen LogP contribution in [0.5, 0.6) is 0 Å². The molecular formula is C14H15N7OS. The molecule has 0 atom stereocenters. The van der Waals surface area contributed by atoms with E-state index in [4.69, 9.17) is 11.5 Å². The van der Waals surface area contributed by atoms with Crippen molar-refractivity contribution in [1.29, 1.82) is 5.26 Å². The first kappa shape index (κ1) is 15.2. The lowest BCUT2D eigenvalue weighted by Gasteiger charge is -2.28. The lowest BCUT2D eigenvalue weighted by atomic mass is 9.75. The molecule has 5 N–H and O–H groups in total. The van der Waals surface area contributed by atoms with Gasteiger partial charge in [0.1, 0.15) is 11.9 Å². The average molecular weight is 329 g/mol. The van der Waals surface area contributed by atoms with Gasteiger partial charge in [0, 0.05) is 6.42 Å². The summed E-state index contributed by atoms with van der Waals surface area (Å²) in [6.45, 7) is 4.03. The highest BCUT2D eigenvalue weighted by molar-refractivity contribution is 7.18. The second-order valence-electron chi connectivity index (χ2n) is 6.21. The summed E-state index contributed by atoms with van der Waals surface area (Å²) in [7, 11) is 0. The molecule has 1 aliphatic carbocycles. The number of carbonyl (C=O) groups is 1. The van der Waals surface area contributed by atoms with E-state index in [2.05, 4.69) is 26.5 Å². The number of hydrogen-bond acceptors (Lipinski definition) is 8. The zero-order valence-corrected chi connectivity index (χ0v) is 13.5. The Kier molecular flexibility index (Phi) is 3.41. The Balaban J connectivity index is 2.06. The number of ketones is 1. The number of aromatic nitrogens is 2. The molecule has 2 aromatic rings. The molecule has 0 aliphatic heterocycles. The number of nitrogens with one attached hydrogen (secondary N) is 1. The van der Waals surface area contributed by atoms with Crippen LogP contribution in [0.1, 0.15) is 41.1 Å². The monoisotopic (exact) mass is 329 g/mol. The number of aromatic amines is 1. The maximum absolute atomic E-state index is 12.3. The number of fused-ring (bicyclic) bond motifs is 1. The van der Waals surface area contributed by atoms with Gasteiger partial charge in [-0.1, -0.05) is 13.8 Å². The number of nitriles is 1. The quantitative estimate of drug-likeness (QED) is 0.724. The molecule has 9 heteroatoms. The van der Waals surface area contributed by atoms with Crippen LogP contribution >= 0.6 is 11.3 Å². The summed E-state index contributed by atoms with van der Waals surface area (Å²) in [4.78, 5) is 12.9. The number of anilines is 2. The first-order chi connectivity index (χ1) is 10.8. The van der Waals surface area contributed by atoms with E-state index >= 15 is 0 Å². The Bertz CT molecular complexity index is 849. The van der Waals surface area contributed by atoms with Crippen LogP contribution in [0.2, 0.25) is 0 Å². The van der Waals surface area contributed by atoms with Crippen LogP contribution in [0, 0.1) is 16.7 Å². The predicted octanol–water partition coefficient (Wildman–Crippen LogP) is 3.08. The van der Waals surface area contributed by atoms with Crippen LogP contribution in [-0.4, -0.2) is 16.0 Å². The first-order valence-corrected chi connectivity index (χ1v) is 7.74. The second kappa shape index (κ2) is 5.17. The van der Waals surface area contributed by atoms with Gasteiger partial charge in [0.15, 0.2) is 22.3 Å². The van der Waals surface area contributed by atoms with Crippen molar-refractivity contribution < 1.29 is 4.79 Å². The van der Waals surface area contributed by atoms with E-state index < -0.39 is 0 Å². The van der Waals surface area contributed by atoms with Gasteiger partial charge in [-0.15, -0.1) is 21.6 Å². The summed E-state index contributed by atoms with van der Waals surface area (Å²) in [5.74, 6) is 0.369. The molecule has 0 aromatic carbocycles. The third kappa shape index (κ3) is 2.57. The van der Waals surface area contributed by atoms with Gasteiger partial charge in [0.05, 0.1) is 10.4 Å². The van der Waals surface area contributed by atoms with Crippen LogP contribution in [0.25, 0.3) is 0 Å². The van der Waals surface area contributed by atoms with Gasteiger partial charge in [-0.25, -0.2) is 0 Å². The summed E-state index contributed by atoms with van der Waals surface area (Å²) in [5, 5.41) is 24.1. The second-order valence-corrected chi connectivity index (χ2v) is 7.21. The van der Waals surface area contributed by atoms with Crippen LogP contribution in [0.4, 0.5) is 22.3 Å². The van der Waals surface area contributed by atoms with Crippen molar-refractivity contribution in [2.45, 2.75) is 26.7 Å². The number of hydrogen-bond donors (Lipinski definition) is 3.